The minimum Gasteiger partial charge on any atom is -0.465 e. The summed E-state index contributed by atoms with van der Waals surface area (Å²) in [5.41, 5.74) is 0. The van der Waals surface area contributed by atoms with Crippen molar-refractivity contribution in [3.05, 3.63) is 48.6 Å². The molecule has 8 heteroatoms. The lowest BCUT2D eigenvalue weighted by molar-refractivity contribution is -0.150. The number of rotatable bonds is 35. The smallest absolute Gasteiger partial charge is 0.409 e. The van der Waals surface area contributed by atoms with Crippen LogP contribution in [0.4, 0.5) is 4.79 Å². The highest BCUT2D eigenvalue weighted by atomic mass is 16.6. The minimum absolute atomic E-state index is 0.0432. The Hall–Kier alpha value is -2.87. The number of likely N-dealkylation sites (tertiary alicyclic amines) is 1. The molecule has 0 spiro atoms. The third-order valence-corrected chi connectivity index (χ3v) is 9.65. The second-order valence-corrected chi connectivity index (χ2v) is 15.5. The number of nitrogens with zero attached hydrogens (tertiary/aromatic N) is 2. The number of carbonyl (C=O) groups is 3. The third-order valence-electron chi connectivity index (χ3n) is 9.65. The number of hydrogen-bond donors (Lipinski definition) is 0. The van der Waals surface area contributed by atoms with E-state index in [9.17, 15) is 14.4 Å². The fraction of sp³-hybridized carbons (Fsp3) is 0.761. The maximum absolute atomic E-state index is 12.6. The van der Waals surface area contributed by atoms with Crippen LogP contribution in [0.2, 0.25) is 0 Å². The zero-order valence-electron chi connectivity index (χ0n) is 35.1. The normalized spacial score (nSPS) is 14.2. The van der Waals surface area contributed by atoms with E-state index in [1.54, 1.807) is 4.90 Å². The SMILES string of the molecule is CCCC/C=C\C/C=C\CCCCCCCC(=O)OCC(COC(=O)CCCCCCC/C=C\C/C=C\CCCCC)COC(=O)N1CC(CN(C)C)C1. The largest absolute Gasteiger partial charge is 0.465 e. The zero-order valence-corrected chi connectivity index (χ0v) is 35.1. The van der Waals surface area contributed by atoms with Gasteiger partial charge in [0, 0.05) is 38.4 Å². The molecule has 0 saturated carbocycles. The Balaban J connectivity index is 2.28. The van der Waals surface area contributed by atoms with Gasteiger partial charge in [0.25, 0.3) is 0 Å². The molecule has 0 aromatic carbocycles. The van der Waals surface area contributed by atoms with E-state index in [1.807, 2.05) is 14.1 Å². The average molecular weight is 757 g/mol. The van der Waals surface area contributed by atoms with Gasteiger partial charge in [0.2, 0.25) is 0 Å². The maximum Gasteiger partial charge on any atom is 0.409 e. The fourth-order valence-corrected chi connectivity index (χ4v) is 6.31. The van der Waals surface area contributed by atoms with Crippen LogP contribution in [0.15, 0.2) is 48.6 Å². The molecule has 0 aliphatic carbocycles. The van der Waals surface area contributed by atoms with Crippen molar-refractivity contribution in [2.45, 2.75) is 162 Å². The first-order valence-corrected chi connectivity index (χ1v) is 21.8. The van der Waals surface area contributed by atoms with E-state index in [2.05, 4.69) is 67.4 Å². The molecule has 0 bridgehead atoms. The molecule has 1 saturated heterocycles. The number of carbonyl (C=O) groups excluding carboxylic acids is 3. The van der Waals surface area contributed by atoms with Gasteiger partial charge in [-0.05, 0) is 84.7 Å². The molecule has 0 N–H and O–H groups in total. The molecular weight excluding hydrogens is 677 g/mol. The molecule has 1 aliphatic heterocycles. The van der Waals surface area contributed by atoms with Crippen molar-refractivity contribution in [2.75, 3.05) is 53.6 Å². The van der Waals surface area contributed by atoms with Gasteiger partial charge in [0.15, 0.2) is 0 Å². The average Bonchev–Trinajstić information content (AvgIpc) is 3.14. The van der Waals surface area contributed by atoms with Crippen LogP contribution in [0.25, 0.3) is 0 Å². The Labute approximate surface area is 331 Å². The molecule has 0 aromatic heterocycles. The predicted molar refractivity (Wildman–Crippen MR) is 224 cm³/mol. The number of hydrogen-bond acceptors (Lipinski definition) is 7. The van der Waals surface area contributed by atoms with E-state index in [1.165, 1.54) is 57.8 Å². The van der Waals surface area contributed by atoms with Crippen molar-refractivity contribution in [2.24, 2.45) is 11.8 Å². The Bertz CT molecular complexity index is 1050. The lowest BCUT2D eigenvalue weighted by atomic mass is 10.0. The van der Waals surface area contributed by atoms with Crippen LogP contribution in [-0.4, -0.2) is 81.4 Å². The first kappa shape index (κ1) is 49.1. The van der Waals surface area contributed by atoms with Gasteiger partial charge in [-0.3, -0.25) is 9.59 Å². The molecule has 1 aliphatic rings. The highest BCUT2D eigenvalue weighted by Crippen LogP contribution is 2.18. The van der Waals surface area contributed by atoms with Crippen LogP contribution < -0.4 is 0 Å². The highest BCUT2D eigenvalue weighted by Gasteiger charge is 2.32. The molecule has 1 unspecified atom stereocenters. The summed E-state index contributed by atoms with van der Waals surface area (Å²) in [6, 6.07) is 0. The summed E-state index contributed by atoms with van der Waals surface area (Å²) >= 11 is 0. The van der Waals surface area contributed by atoms with Crippen LogP contribution in [0.3, 0.4) is 0 Å². The number of allylic oxidation sites excluding steroid dienone is 8. The van der Waals surface area contributed by atoms with E-state index < -0.39 is 5.92 Å². The molecule has 1 rings (SSSR count). The van der Waals surface area contributed by atoms with Gasteiger partial charge in [0.05, 0.1) is 5.92 Å². The van der Waals surface area contributed by atoms with E-state index in [-0.39, 0.29) is 37.9 Å². The van der Waals surface area contributed by atoms with E-state index >= 15 is 0 Å². The molecule has 0 aromatic rings. The highest BCUT2D eigenvalue weighted by molar-refractivity contribution is 5.70. The lowest BCUT2D eigenvalue weighted by Crippen LogP contribution is -2.53. The number of amides is 1. The lowest BCUT2D eigenvalue weighted by Gasteiger charge is -2.39. The molecule has 1 amide bonds. The van der Waals surface area contributed by atoms with Crippen LogP contribution in [0.1, 0.15) is 162 Å². The van der Waals surface area contributed by atoms with E-state index in [0.29, 0.717) is 31.8 Å². The zero-order chi connectivity index (χ0) is 39.3. The summed E-state index contributed by atoms with van der Waals surface area (Å²) in [7, 11) is 4.06. The van der Waals surface area contributed by atoms with E-state index in [0.717, 1.165) is 83.6 Å². The monoisotopic (exact) mass is 757 g/mol. The van der Waals surface area contributed by atoms with Crippen molar-refractivity contribution in [3.8, 4) is 0 Å². The van der Waals surface area contributed by atoms with Gasteiger partial charge in [-0.25, -0.2) is 4.79 Å². The van der Waals surface area contributed by atoms with E-state index in [4.69, 9.17) is 14.2 Å². The maximum atomic E-state index is 12.6. The molecular formula is C46H80N2O6. The minimum atomic E-state index is -0.398. The molecule has 310 valence electrons. The van der Waals surface area contributed by atoms with Gasteiger partial charge in [0.1, 0.15) is 19.8 Å². The second-order valence-electron chi connectivity index (χ2n) is 15.5. The van der Waals surface area contributed by atoms with Gasteiger partial charge in [-0.15, -0.1) is 0 Å². The standard InChI is InChI=1S/C46H80N2O6/c1-5-7-9-11-13-15-17-19-21-23-25-27-29-31-33-35-45(50)53-40-43(41-54-46(51)48-37-42(38-48)36-47(3)4)39-52-44(49)34-32-30-28-26-24-22-20-18-16-14-12-10-8-6-2/h12-15,18-21,42-43H,5-11,16-17,22-41H2,1-4H3/b14-12-,15-13-,20-18-,21-19-. The Kier molecular flexibility index (Phi) is 32.6. The molecule has 1 atom stereocenters. The van der Waals surface area contributed by atoms with Gasteiger partial charge >= 0.3 is 18.0 Å². The molecule has 1 fully saturated rings. The van der Waals surface area contributed by atoms with Crippen molar-refractivity contribution >= 4 is 18.0 Å². The van der Waals surface area contributed by atoms with Crippen LogP contribution in [0, 0.1) is 11.8 Å². The van der Waals surface area contributed by atoms with Crippen LogP contribution in [-0.2, 0) is 23.8 Å². The van der Waals surface area contributed by atoms with Gasteiger partial charge < -0.3 is 24.0 Å². The van der Waals surface area contributed by atoms with Gasteiger partial charge in [-0.2, -0.15) is 0 Å². The topological polar surface area (TPSA) is 85.4 Å². The Morgan fingerprint density at radius 1 is 0.556 bits per heavy atom. The van der Waals surface area contributed by atoms with Crippen molar-refractivity contribution in [1.29, 1.82) is 0 Å². The summed E-state index contributed by atoms with van der Waals surface area (Å²) in [6.07, 6.45) is 42.0. The van der Waals surface area contributed by atoms with Crippen molar-refractivity contribution in [3.63, 3.8) is 0 Å². The Morgan fingerprint density at radius 3 is 1.43 bits per heavy atom. The second kappa shape index (κ2) is 35.8. The third kappa shape index (κ3) is 30.5. The molecule has 1 heterocycles. The molecule has 8 nitrogen and oxygen atoms in total. The van der Waals surface area contributed by atoms with Crippen molar-refractivity contribution < 1.29 is 28.6 Å². The van der Waals surface area contributed by atoms with Crippen LogP contribution in [0.5, 0.6) is 0 Å². The fourth-order valence-electron chi connectivity index (χ4n) is 6.31. The summed E-state index contributed by atoms with van der Waals surface area (Å²) in [4.78, 5) is 41.5. The Morgan fingerprint density at radius 2 is 0.963 bits per heavy atom. The summed E-state index contributed by atoms with van der Waals surface area (Å²) in [5.74, 6) is -0.464. The quantitative estimate of drug-likeness (QED) is 0.0275. The first-order chi connectivity index (χ1) is 26.3. The van der Waals surface area contributed by atoms with Crippen LogP contribution >= 0.6 is 0 Å². The number of unbranched alkanes of at least 4 members (excludes halogenated alkanes) is 15. The number of esters is 2. The first-order valence-electron chi connectivity index (χ1n) is 21.8. The molecule has 0 radical (unpaired) electrons. The summed E-state index contributed by atoms with van der Waals surface area (Å²) < 4.78 is 16.7. The van der Waals surface area contributed by atoms with Crippen molar-refractivity contribution in [1.82, 2.24) is 9.80 Å². The number of ether oxygens (including phenoxy) is 3. The predicted octanol–water partition coefficient (Wildman–Crippen LogP) is 11.6. The molecule has 54 heavy (non-hydrogen) atoms. The van der Waals surface area contributed by atoms with Gasteiger partial charge in [-0.1, -0.05) is 127 Å². The summed E-state index contributed by atoms with van der Waals surface area (Å²) in [5, 5.41) is 0. The summed E-state index contributed by atoms with van der Waals surface area (Å²) in [6.45, 7) is 6.90.